The monoisotopic (exact) mass is 389 g/mol. The highest BCUT2D eigenvalue weighted by Gasteiger charge is 2.28. The molecule has 0 aromatic heterocycles. The van der Waals surface area contributed by atoms with Gasteiger partial charge in [0.15, 0.2) is 0 Å². The number of halogens is 1. The summed E-state index contributed by atoms with van der Waals surface area (Å²) in [5.41, 5.74) is 7.49. The lowest BCUT2D eigenvalue weighted by molar-refractivity contribution is -0.134. The van der Waals surface area contributed by atoms with Crippen LogP contribution in [0.5, 0.6) is 5.75 Å². The lowest BCUT2D eigenvalue weighted by Gasteiger charge is -2.36. The molecule has 2 aromatic rings. The third-order valence-electron chi connectivity index (χ3n) is 4.62. The Hall–Kier alpha value is -2.57. The number of rotatable bonds is 4. The number of benzene rings is 2. The lowest BCUT2D eigenvalue weighted by Crippen LogP contribution is -2.52. The van der Waals surface area contributed by atoms with Gasteiger partial charge in [-0.3, -0.25) is 9.59 Å². The van der Waals surface area contributed by atoms with Gasteiger partial charge in [-0.2, -0.15) is 0 Å². The molecule has 0 aliphatic carbocycles. The maximum atomic E-state index is 12.6. The van der Waals surface area contributed by atoms with Crippen LogP contribution in [0.4, 0.5) is 0 Å². The van der Waals surface area contributed by atoms with Crippen LogP contribution in [0.15, 0.2) is 54.6 Å². The number of hydrogen-bond acceptors (Lipinski definition) is 4. The number of carbonyl (C=O) groups is 2. The van der Waals surface area contributed by atoms with E-state index in [9.17, 15) is 9.59 Å². The Labute approximate surface area is 165 Å². The van der Waals surface area contributed by atoms with Crippen molar-refractivity contribution in [2.75, 3.05) is 33.3 Å². The summed E-state index contributed by atoms with van der Waals surface area (Å²) in [4.78, 5) is 28.7. The first-order chi connectivity index (χ1) is 12.6. The van der Waals surface area contributed by atoms with Crippen LogP contribution in [0.2, 0.25) is 0 Å². The van der Waals surface area contributed by atoms with E-state index in [1.807, 2.05) is 30.3 Å². The molecule has 1 aliphatic heterocycles. The molecule has 6 nitrogen and oxygen atoms in total. The predicted octanol–water partition coefficient (Wildman–Crippen LogP) is 2.10. The second-order valence-electron chi connectivity index (χ2n) is 6.24. The summed E-state index contributed by atoms with van der Waals surface area (Å²) in [7, 11) is 1.57. The molecule has 7 heteroatoms. The van der Waals surface area contributed by atoms with Gasteiger partial charge in [0.2, 0.25) is 5.91 Å². The summed E-state index contributed by atoms with van der Waals surface area (Å²) in [6.45, 7) is 1.94. The summed E-state index contributed by atoms with van der Waals surface area (Å²) in [5, 5.41) is 0. The Balaban J connectivity index is 0.00000261. The van der Waals surface area contributed by atoms with Crippen LogP contribution < -0.4 is 10.5 Å². The third-order valence-corrected chi connectivity index (χ3v) is 4.62. The van der Waals surface area contributed by atoms with Crippen LogP contribution in [0.3, 0.4) is 0 Å². The van der Waals surface area contributed by atoms with Crippen LogP contribution >= 0.6 is 12.4 Å². The van der Waals surface area contributed by atoms with E-state index in [-0.39, 0.29) is 24.2 Å². The highest BCUT2D eigenvalue weighted by molar-refractivity contribution is 5.95. The molecule has 1 fully saturated rings. The zero-order valence-corrected chi connectivity index (χ0v) is 16.0. The predicted molar refractivity (Wildman–Crippen MR) is 106 cm³/mol. The topological polar surface area (TPSA) is 75.9 Å². The molecule has 0 spiro atoms. The van der Waals surface area contributed by atoms with E-state index in [0.717, 1.165) is 5.56 Å². The molecule has 0 bridgehead atoms. The molecular weight excluding hydrogens is 366 g/mol. The van der Waals surface area contributed by atoms with Crippen molar-refractivity contribution in [1.82, 2.24) is 9.80 Å². The molecule has 1 saturated heterocycles. The number of nitrogens with zero attached hydrogens (tertiary/aromatic N) is 2. The molecule has 1 heterocycles. The van der Waals surface area contributed by atoms with E-state index in [4.69, 9.17) is 10.5 Å². The molecule has 1 atom stereocenters. The van der Waals surface area contributed by atoms with Gasteiger partial charge >= 0.3 is 0 Å². The first kappa shape index (κ1) is 20.7. The summed E-state index contributed by atoms with van der Waals surface area (Å²) < 4.78 is 5.17. The maximum Gasteiger partial charge on any atom is 0.254 e. The van der Waals surface area contributed by atoms with Gasteiger partial charge in [0.1, 0.15) is 11.8 Å². The van der Waals surface area contributed by atoms with E-state index >= 15 is 0 Å². The summed E-state index contributed by atoms with van der Waals surface area (Å²) in [6.07, 6.45) is 0. The van der Waals surface area contributed by atoms with Crippen LogP contribution in [-0.2, 0) is 4.79 Å². The average molecular weight is 390 g/mol. The molecule has 0 radical (unpaired) electrons. The quantitative estimate of drug-likeness (QED) is 0.868. The second-order valence-corrected chi connectivity index (χ2v) is 6.24. The van der Waals surface area contributed by atoms with E-state index in [2.05, 4.69) is 0 Å². The Bertz CT molecular complexity index is 777. The number of methoxy groups -OCH3 is 1. The zero-order valence-electron chi connectivity index (χ0n) is 15.2. The van der Waals surface area contributed by atoms with Crippen LogP contribution in [0, 0.1) is 0 Å². The number of amides is 2. The van der Waals surface area contributed by atoms with Crippen molar-refractivity contribution in [3.63, 3.8) is 0 Å². The highest BCUT2D eigenvalue weighted by atomic mass is 35.5. The molecular formula is C20H24ClN3O3. The molecule has 2 amide bonds. The van der Waals surface area contributed by atoms with Gasteiger partial charge < -0.3 is 20.3 Å². The molecule has 27 heavy (non-hydrogen) atoms. The number of ether oxygens (including phenoxy) is 1. The third kappa shape index (κ3) is 4.78. The van der Waals surface area contributed by atoms with E-state index < -0.39 is 6.04 Å². The van der Waals surface area contributed by atoms with Crippen molar-refractivity contribution in [2.45, 2.75) is 6.04 Å². The van der Waals surface area contributed by atoms with Gasteiger partial charge in [-0.25, -0.2) is 0 Å². The summed E-state index contributed by atoms with van der Waals surface area (Å²) in [6, 6.07) is 15.8. The van der Waals surface area contributed by atoms with E-state index in [1.54, 1.807) is 41.2 Å². The van der Waals surface area contributed by atoms with Crippen molar-refractivity contribution in [3.8, 4) is 5.75 Å². The minimum absolute atomic E-state index is 0. The van der Waals surface area contributed by atoms with Gasteiger partial charge in [0.05, 0.1) is 7.11 Å². The molecule has 0 saturated carbocycles. The first-order valence-electron chi connectivity index (χ1n) is 8.63. The fourth-order valence-electron chi connectivity index (χ4n) is 3.07. The lowest BCUT2D eigenvalue weighted by atomic mass is 10.1. The number of nitrogens with two attached hydrogens (primary N) is 1. The fraction of sp³-hybridized carbons (Fsp3) is 0.300. The maximum absolute atomic E-state index is 12.6. The average Bonchev–Trinajstić information content (AvgIpc) is 2.73. The van der Waals surface area contributed by atoms with Gasteiger partial charge in [-0.15, -0.1) is 12.4 Å². The number of hydrogen-bond donors (Lipinski definition) is 1. The largest absolute Gasteiger partial charge is 0.497 e. The van der Waals surface area contributed by atoms with Crippen molar-refractivity contribution in [1.29, 1.82) is 0 Å². The Morgan fingerprint density at radius 1 is 0.963 bits per heavy atom. The number of piperazine rings is 1. The van der Waals surface area contributed by atoms with Gasteiger partial charge in [0.25, 0.3) is 5.91 Å². The molecule has 144 valence electrons. The first-order valence-corrected chi connectivity index (χ1v) is 8.63. The van der Waals surface area contributed by atoms with Crippen molar-refractivity contribution >= 4 is 24.2 Å². The van der Waals surface area contributed by atoms with Gasteiger partial charge in [-0.05, 0) is 23.8 Å². The zero-order chi connectivity index (χ0) is 18.5. The van der Waals surface area contributed by atoms with Gasteiger partial charge in [-0.1, -0.05) is 36.4 Å². The number of carbonyl (C=O) groups excluding carboxylic acids is 2. The van der Waals surface area contributed by atoms with Gasteiger partial charge in [0, 0.05) is 31.7 Å². The molecule has 1 aliphatic rings. The molecule has 1 unspecified atom stereocenters. The summed E-state index contributed by atoms with van der Waals surface area (Å²) >= 11 is 0. The van der Waals surface area contributed by atoms with Crippen LogP contribution in [0.25, 0.3) is 0 Å². The molecule has 3 rings (SSSR count). The van der Waals surface area contributed by atoms with Crippen molar-refractivity contribution < 1.29 is 14.3 Å². The molecule has 2 N–H and O–H groups in total. The van der Waals surface area contributed by atoms with Crippen molar-refractivity contribution in [2.24, 2.45) is 5.73 Å². The molecule has 2 aromatic carbocycles. The van der Waals surface area contributed by atoms with E-state index in [0.29, 0.717) is 37.5 Å². The van der Waals surface area contributed by atoms with E-state index in [1.165, 1.54) is 0 Å². The highest BCUT2D eigenvalue weighted by Crippen LogP contribution is 2.17. The smallest absolute Gasteiger partial charge is 0.254 e. The minimum Gasteiger partial charge on any atom is -0.497 e. The van der Waals surface area contributed by atoms with Crippen LogP contribution in [-0.4, -0.2) is 54.9 Å². The second kappa shape index (κ2) is 9.39. The SMILES string of the molecule is COc1cccc(C(=O)N2CCN(C(=O)C(N)c3ccccc3)CC2)c1.Cl. The normalized spacial score (nSPS) is 14.9. The Morgan fingerprint density at radius 2 is 1.59 bits per heavy atom. The van der Waals surface area contributed by atoms with Crippen molar-refractivity contribution in [3.05, 3.63) is 65.7 Å². The minimum atomic E-state index is -0.670. The Kier molecular flexibility index (Phi) is 7.21. The fourth-order valence-corrected chi connectivity index (χ4v) is 3.07. The van der Waals surface area contributed by atoms with Crippen LogP contribution in [0.1, 0.15) is 22.0 Å². The summed E-state index contributed by atoms with van der Waals surface area (Å²) in [5.74, 6) is 0.492. The standard InChI is InChI=1S/C20H23N3O3.ClH/c1-26-17-9-5-8-16(14-17)19(24)22-10-12-23(13-11-22)20(25)18(21)15-6-3-2-4-7-15;/h2-9,14,18H,10-13,21H2,1H3;1H. The Morgan fingerprint density at radius 3 is 2.22 bits per heavy atom.